The van der Waals surface area contributed by atoms with Gasteiger partial charge in [-0.05, 0) is 12.1 Å². The first-order chi connectivity index (χ1) is 8.58. The molecule has 1 aromatic rings. The Labute approximate surface area is 105 Å². The van der Waals surface area contributed by atoms with E-state index < -0.39 is 5.91 Å². The van der Waals surface area contributed by atoms with E-state index in [2.05, 4.69) is 0 Å². The van der Waals surface area contributed by atoms with Crippen LogP contribution in [0.1, 0.15) is 0 Å². The predicted molar refractivity (Wildman–Crippen MR) is 68.8 cm³/mol. The lowest BCUT2D eigenvalue weighted by molar-refractivity contribution is -0.135. The Bertz CT molecular complexity index is 475. The summed E-state index contributed by atoms with van der Waals surface area (Å²) in [5.74, 6) is -0.598. The molecule has 0 aromatic heterocycles. The number of para-hydroxylation sites is 2. The summed E-state index contributed by atoms with van der Waals surface area (Å²) >= 11 is 0. The third-order valence-corrected chi connectivity index (χ3v) is 2.94. The number of amides is 2. The molecule has 0 saturated carbocycles. The van der Waals surface area contributed by atoms with Crippen molar-refractivity contribution >= 4 is 23.2 Å². The van der Waals surface area contributed by atoms with Crippen molar-refractivity contribution in [2.45, 2.75) is 0 Å². The van der Waals surface area contributed by atoms with E-state index >= 15 is 0 Å². The second-order valence-corrected chi connectivity index (χ2v) is 4.26. The fourth-order valence-electron chi connectivity index (χ4n) is 2.04. The first-order valence-electron chi connectivity index (χ1n) is 5.73. The summed E-state index contributed by atoms with van der Waals surface area (Å²) in [5.41, 5.74) is 12.5. The van der Waals surface area contributed by atoms with Crippen LogP contribution in [0.3, 0.4) is 0 Å². The van der Waals surface area contributed by atoms with Gasteiger partial charge in [0.2, 0.25) is 11.8 Å². The van der Waals surface area contributed by atoms with Crippen molar-refractivity contribution in [1.29, 1.82) is 0 Å². The SMILES string of the molecule is NC(=O)CN1CCN(c2ccccc2N)CC1=O. The summed E-state index contributed by atoms with van der Waals surface area (Å²) in [4.78, 5) is 26.1. The maximum absolute atomic E-state index is 11.9. The third-order valence-electron chi connectivity index (χ3n) is 2.94. The summed E-state index contributed by atoms with van der Waals surface area (Å²) in [6.45, 7) is 1.34. The zero-order valence-corrected chi connectivity index (χ0v) is 10.0. The maximum atomic E-state index is 11.9. The van der Waals surface area contributed by atoms with Gasteiger partial charge in [-0.15, -0.1) is 0 Å². The van der Waals surface area contributed by atoms with Crippen LogP contribution in [0.4, 0.5) is 11.4 Å². The first-order valence-corrected chi connectivity index (χ1v) is 5.73. The number of rotatable bonds is 3. The van der Waals surface area contributed by atoms with Gasteiger partial charge < -0.3 is 21.3 Å². The van der Waals surface area contributed by atoms with Crippen molar-refractivity contribution in [3.8, 4) is 0 Å². The Morgan fingerprint density at radius 2 is 2.00 bits per heavy atom. The smallest absolute Gasteiger partial charge is 0.242 e. The lowest BCUT2D eigenvalue weighted by Gasteiger charge is -2.35. The lowest BCUT2D eigenvalue weighted by Crippen LogP contribution is -2.52. The average molecular weight is 248 g/mol. The minimum Gasteiger partial charge on any atom is -0.397 e. The second-order valence-electron chi connectivity index (χ2n) is 4.26. The van der Waals surface area contributed by atoms with Crippen molar-refractivity contribution in [2.24, 2.45) is 5.73 Å². The fraction of sp³-hybridized carbons (Fsp3) is 0.333. The van der Waals surface area contributed by atoms with E-state index in [1.54, 1.807) is 6.07 Å². The van der Waals surface area contributed by atoms with E-state index in [1.165, 1.54) is 4.90 Å². The molecular formula is C12H16N4O2. The van der Waals surface area contributed by atoms with Gasteiger partial charge in [0.25, 0.3) is 0 Å². The molecule has 4 N–H and O–H groups in total. The molecule has 2 amide bonds. The molecule has 1 heterocycles. The van der Waals surface area contributed by atoms with Crippen LogP contribution >= 0.6 is 0 Å². The molecule has 0 unspecified atom stereocenters. The van der Waals surface area contributed by atoms with Gasteiger partial charge in [-0.3, -0.25) is 9.59 Å². The third kappa shape index (κ3) is 2.53. The summed E-state index contributed by atoms with van der Waals surface area (Å²) < 4.78 is 0. The highest BCUT2D eigenvalue weighted by molar-refractivity contribution is 5.88. The van der Waals surface area contributed by atoms with Gasteiger partial charge in [0.1, 0.15) is 0 Å². The van der Waals surface area contributed by atoms with Gasteiger partial charge in [-0.1, -0.05) is 12.1 Å². The van der Waals surface area contributed by atoms with Gasteiger partial charge in [0, 0.05) is 13.1 Å². The Morgan fingerprint density at radius 3 is 2.61 bits per heavy atom. The summed E-state index contributed by atoms with van der Waals surface area (Å²) in [7, 11) is 0. The Kier molecular flexibility index (Phi) is 3.36. The number of anilines is 2. The number of hydrogen-bond acceptors (Lipinski definition) is 4. The molecule has 1 aliphatic heterocycles. The van der Waals surface area contributed by atoms with E-state index in [0.717, 1.165) is 5.69 Å². The molecule has 6 heteroatoms. The van der Waals surface area contributed by atoms with Crippen molar-refractivity contribution in [1.82, 2.24) is 4.90 Å². The van der Waals surface area contributed by atoms with E-state index in [4.69, 9.17) is 11.5 Å². The quantitative estimate of drug-likeness (QED) is 0.699. The molecule has 1 aliphatic rings. The molecule has 96 valence electrons. The molecule has 0 bridgehead atoms. The number of nitrogen functional groups attached to an aromatic ring is 1. The van der Waals surface area contributed by atoms with Gasteiger partial charge >= 0.3 is 0 Å². The number of carbonyl (C=O) groups excluding carboxylic acids is 2. The molecule has 1 aromatic carbocycles. The second kappa shape index (κ2) is 4.95. The molecule has 2 rings (SSSR count). The Morgan fingerprint density at radius 1 is 1.28 bits per heavy atom. The van der Waals surface area contributed by atoms with Crippen molar-refractivity contribution < 1.29 is 9.59 Å². The van der Waals surface area contributed by atoms with Crippen molar-refractivity contribution in [3.63, 3.8) is 0 Å². The van der Waals surface area contributed by atoms with Crippen molar-refractivity contribution in [2.75, 3.05) is 36.8 Å². The van der Waals surface area contributed by atoms with Crippen LogP contribution < -0.4 is 16.4 Å². The van der Waals surface area contributed by atoms with E-state index in [9.17, 15) is 9.59 Å². The van der Waals surface area contributed by atoms with Gasteiger partial charge in [0.05, 0.1) is 24.5 Å². The largest absolute Gasteiger partial charge is 0.397 e. The maximum Gasteiger partial charge on any atom is 0.242 e. The number of hydrogen-bond donors (Lipinski definition) is 2. The van der Waals surface area contributed by atoms with E-state index in [-0.39, 0.29) is 19.0 Å². The number of primary amides is 1. The minimum absolute atomic E-state index is 0.0169. The summed E-state index contributed by atoms with van der Waals surface area (Å²) in [6.07, 6.45) is 0. The van der Waals surface area contributed by atoms with Gasteiger partial charge in [-0.2, -0.15) is 0 Å². The van der Waals surface area contributed by atoms with Crippen LogP contribution in [0.25, 0.3) is 0 Å². The van der Waals surface area contributed by atoms with Gasteiger partial charge in [-0.25, -0.2) is 0 Å². The molecule has 0 spiro atoms. The van der Waals surface area contributed by atoms with Crippen LogP contribution in [0, 0.1) is 0 Å². The number of benzene rings is 1. The average Bonchev–Trinajstić information content (AvgIpc) is 2.32. The minimum atomic E-state index is -0.490. The number of nitrogens with two attached hydrogens (primary N) is 2. The molecule has 1 saturated heterocycles. The van der Waals surface area contributed by atoms with E-state index in [1.807, 2.05) is 23.1 Å². The van der Waals surface area contributed by atoms with Crippen LogP contribution in [0.2, 0.25) is 0 Å². The number of piperazine rings is 1. The molecule has 0 atom stereocenters. The molecule has 6 nitrogen and oxygen atoms in total. The van der Waals surface area contributed by atoms with Crippen LogP contribution in [0.15, 0.2) is 24.3 Å². The zero-order valence-electron chi connectivity index (χ0n) is 10.0. The Hall–Kier alpha value is -2.24. The summed E-state index contributed by atoms with van der Waals surface area (Å²) in [6, 6.07) is 7.41. The monoisotopic (exact) mass is 248 g/mol. The predicted octanol–water partition coefficient (Wildman–Crippen LogP) is -0.597. The molecule has 1 fully saturated rings. The topological polar surface area (TPSA) is 92.7 Å². The Balaban J connectivity index is 2.07. The zero-order chi connectivity index (χ0) is 13.1. The van der Waals surface area contributed by atoms with Crippen LogP contribution in [-0.2, 0) is 9.59 Å². The standard InChI is InChI=1S/C12H16N4O2/c13-9-3-1-2-4-10(9)15-5-6-16(7-11(14)17)12(18)8-15/h1-4H,5-8,13H2,(H2,14,17). The molecule has 0 aliphatic carbocycles. The number of carbonyl (C=O) groups is 2. The molecule has 18 heavy (non-hydrogen) atoms. The van der Waals surface area contributed by atoms with E-state index in [0.29, 0.717) is 18.8 Å². The first kappa shape index (κ1) is 12.2. The fourth-order valence-corrected chi connectivity index (χ4v) is 2.04. The highest BCUT2D eigenvalue weighted by Gasteiger charge is 2.25. The normalized spacial score (nSPS) is 15.9. The number of nitrogens with zero attached hydrogens (tertiary/aromatic N) is 2. The van der Waals surface area contributed by atoms with Crippen LogP contribution in [0.5, 0.6) is 0 Å². The molecular weight excluding hydrogens is 232 g/mol. The highest BCUT2D eigenvalue weighted by Crippen LogP contribution is 2.23. The molecule has 0 radical (unpaired) electrons. The van der Waals surface area contributed by atoms with Crippen molar-refractivity contribution in [3.05, 3.63) is 24.3 Å². The lowest BCUT2D eigenvalue weighted by atomic mass is 10.2. The van der Waals surface area contributed by atoms with Crippen LogP contribution in [-0.4, -0.2) is 42.9 Å². The summed E-state index contributed by atoms with van der Waals surface area (Å²) in [5, 5.41) is 0. The highest BCUT2D eigenvalue weighted by atomic mass is 16.2. The van der Waals surface area contributed by atoms with Gasteiger partial charge in [0.15, 0.2) is 0 Å².